The van der Waals surface area contributed by atoms with E-state index in [1.807, 2.05) is 0 Å². The Labute approximate surface area is 136 Å². The Morgan fingerprint density at radius 2 is 1.22 bits per heavy atom. The second kappa shape index (κ2) is 8.18. The lowest BCUT2D eigenvalue weighted by Crippen LogP contribution is -2.49. The van der Waals surface area contributed by atoms with E-state index < -0.39 is 7.25 Å². The molecule has 1 saturated heterocycles. The van der Waals surface area contributed by atoms with Crippen molar-refractivity contribution >= 4 is 7.25 Å². The van der Waals surface area contributed by atoms with E-state index in [9.17, 15) is 17.3 Å². The highest BCUT2D eigenvalue weighted by atomic mass is 19.5. The molecular formula is C17H25BF4N-. The van der Waals surface area contributed by atoms with Crippen LogP contribution in [0.4, 0.5) is 17.3 Å². The molecule has 0 radical (unpaired) electrons. The summed E-state index contributed by atoms with van der Waals surface area (Å²) in [5, 5.41) is 0. The molecule has 1 saturated carbocycles. The molecule has 0 spiro atoms. The van der Waals surface area contributed by atoms with E-state index in [4.69, 9.17) is 0 Å². The van der Waals surface area contributed by atoms with Gasteiger partial charge in [-0.15, -0.1) is 0 Å². The summed E-state index contributed by atoms with van der Waals surface area (Å²) < 4.78 is 39.0. The summed E-state index contributed by atoms with van der Waals surface area (Å²) >= 11 is 0. The van der Waals surface area contributed by atoms with Crippen LogP contribution < -0.4 is 0 Å². The van der Waals surface area contributed by atoms with Crippen LogP contribution in [-0.2, 0) is 5.54 Å². The quantitative estimate of drug-likeness (QED) is 0.502. The highest BCUT2D eigenvalue weighted by Crippen LogP contribution is 2.43. The van der Waals surface area contributed by atoms with Crippen LogP contribution in [0.5, 0.6) is 0 Å². The van der Waals surface area contributed by atoms with Gasteiger partial charge in [0.25, 0.3) is 0 Å². The van der Waals surface area contributed by atoms with Crippen molar-refractivity contribution in [1.29, 1.82) is 0 Å². The summed E-state index contributed by atoms with van der Waals surface area (Å²) in [7, 11) is -6.00. The smallest absolute Gasteiger partial charge is 0.418 e. The molecule has 3 rings (SSSR count). The van der Waals surface area contributed by atoms with E-state index in [0.717, 1.165) is 0 Å². The molecule has 6 heteroatoms. The van der Waals surface area contributed by atoms with E-state index in [2.05, 4.69) is 35.2 Å². The standard InChI is InChI=1S/C17H25N.BF4/c1-4-10-16(11-5-1)17(12-6-2-7-13-17)18-14-8-3-9-15-18;2-1(3,4)5/h1,4-5,10-11H,2-3,6-9,12-15H2;/q;-1. The van der Waals surface area contributed by atoms with Crippen LogP contribution in [0.1, 0.15) is 56.9 Å². The molecule has 1 aromatic rings. The lowest BCUT2D eigenvalue weighted by molar-refractivity contribution is 0.0303. The van der Waals surface area contributed by atoms with Crippen LogP contribution in [0.25, 0.3) is 0 Å². The molecule has 0 unspecified atom stereocenters. The first kappa shape index (κ1) is 18.3. The summed E-state index contributed by atoms with van der Waals surface area (Å²) in [4.78, 5) is 2.81. The fraction of sp³-hybridized carbons (Fsp3) is 0.647. The Hall–Kier alpha value is -1.04. The largest absolute Gasteiger partial charge is 0.673 e. The minimum absolute atomic E-state index is 0.375. The van der Waals surface area contributed by atoms with Gasteiger partial charge in [0.05, 0.1) is 0 Å². The summed E-state index contributed by atoms with van der Waals surface area (Å²) in [6.07, 6.45) is 11.2. The van der Waals surface area contributed by atoms with Gasteiger partial charge in [0.2, 0.25) is 0 Å². The number of hydrogen-bond donors (Lipinski definition) is 0. The van der Waals surface area contributed by atoms with E-state index in [0.29, 0.717) is 5.54 Å². The van der Waals surface area contributed by atoms with Gasteiger partial charge >= 0.3 is 7.25 Å². The molecule has 0 bridgehead atoms. The topological polar surface area (TPSA) is 3.24 Å². The highest BCUT2D eigenvalue weighted by Gasteiger charge is 2.39. The zero-order chi connectivity index (χ0) is 16.8. The third-order valence-electron chi connectivity index (χ3n) is 4.95. The summed E-state index contributed by atoms with van der Waals surface area (Å²) in [5.74, 6) is 0. The molecule has 1 aromatic carbocycles. The van der Waals surface area contributed by atoms with Crippen LogP contribution in [0.15, 0.2) is 30.3 Å². The molecule has 130 valence electrons. The van der Waals surface area contributed by atoms with E-state index in [-0.39, 0.29) is 0 Å². The maximum absolute atomic E-state index is 9.75. The van der Waals surface area contributed by atoms with Crippen molar-refractivity contribution in [3.8, 4) is 0 Å². The van der Waals surface area contributed by atoms with Crippen LogP contribution >= 0.6 is 0 Å². The molecule has 1 nitrogen and oxygen atoms in total. The Kier molecular flexibility index (Phi) is 6.51. The van der Waals surface area contributed by atoms with Crippen molar-refractivity contribution in [3.63, 3.8) is 0 Å². The molecule has 1 aliphatic heterocycles. The SMILES string of the molecule is F[B-](F)(F)F.c1ccc(C2(N3CCCCC3)CCCCC2)cc1. The molecule has 0 aromatic heterocycles. The zero-order valence-corrected chi connectivity index (χ0v) is 13.5. The third kappa shape index (κ3) is 5.52. The number of benzene rings is 1. The van der Waals surface area contributed by atoms with Crippen LogP contribution in [0.3, 0.4) is 0 Å². The van der Waals surface area contributed by atoms with Crippen molar-refractivity contribution < 1.29 is 17.3 Å². The van der Waals surface area contributed by atoms with Crippen LogP contribution in [0, 0.1) is 0 Å². The molecule has 0 amide bonds. The first-order valence-corrected chi connectivity index (χ1v) is 8.60. The zero-order valence-electron chi connectivity index (χ0n) is 13.5. The van der Waals surface area contributed by atoms with Gasteiger partial charge in [-0.1, -0.05) is 56.0 Å². The van der Waals surface area contributed by atoms with Gasteiger partial charge in [0.1, 0.15) is 0 Å². The number of halogens is 4. The Morgan fingerprint density at radius 3 is 1.74 bits per heavy atom. The molecule has 0 atom stereocenters. The molecule has 2 fully saturated rings. The number of rotatable bonds is 2. The van der Waals surface area contributed by atoms with E-state index >= 15 is 0 Å². The first-order valence-electron chi connectivity index (χ1n) is 8.60. The number of piperidine rings is 1. The lowest BCUT2D eigenvalue weighted by Gasteiger charge is -2.48. The average molecular weight is 330 g/mol. The second-order valence-corrected chi connectivity index (χ2v) is 6.50. The molecule has 1 heterocycles. The summed E-state index contributed by atoms with van der Waals surface area (Å²) in [6.45, 7) is 2.63. The van der Waals surface area contributed by atoms with Gasteiger partial charge in [-0.2, -0.15) is 0 Å². The van der Waals surface area contributed by atoms with Crippen molar-refractivity contribution in [3.05, 3.63) is 35.9 Å². The normalized spacial score (nSPS) is 22.1. The lowest BCUT2D eigenvalue weighted by atomic mass is 9.74. The molecule has 23 heavy (non-hydrogen) atoms. The number of nitrogens with zero attached hydrogens (tertiary/aromatic N) is 1. The van der Waals surface area contributed by atoms with Crippen molar-refractivity contribution in [1.82, 2.24) is 4.90 Å². The number of hydrogen-bond acceptors (Lipinski definition) is 1. The van der Waals surface area contributed by atoms with Crippen molar-refractivity contribution in [2.24, 2.45) is 0 Å². The Bertz CT molecular complexity index is 445. The van der Waals surface area contributed by atoms with E-state index in [1.54, 1.807) is 5.56 Å². The molecule has 2 aliphatic rings. The van der Waals surface area contributed by atoms with Gasteiger partial charge in [-0.05, 0) is 44.3 Å². The van der Waals surface area contributed by atoms with Gasteiger partial charge < -0.3 is 17.3 Å². The van der Waals surface area contributed by atoms with Crippen molar-refractivity contribution in [2.45, 2.75) is 56.9 Å². The molecule has 0 N–H and O–H groups in total. The predicted octanol–water partition coefficient (Wildman–Crippen LogP) is 5.63. The van der Waals surface area contributed by atoms with Gasteiger partial charge in [0, 0.05) is 5.54 Å². The monoisotopic (exact) mass is 330 g/mol. The highest BCUT2D eigenvalue weighted by molar-refractivity contribution is 6.50. The molecule has 1 aliphatic carbocycles. The average Bonchev–Trinajstić information content (AvgIpc) is 2.56. The third-order valence-corrected chi connectivity index (χ3v) is 4.95. The van der Waals surface area contributed by atoms with Gasteiger partial charge in [-0.25, -0.2) is 0 Å². The maximum Gasteiger partial charge on any atom is 0.673 e. The Balaban J connectivity index is 0.000000338. The van der Waals surface area contributed by atoms with Gasteiger partial charge in [-0.3, -0.25) is 4.90 Å². The predicted molar refractivity (Wildman–Crippen MR) is 86.8 cm³/mol. The minimum atomic E-state index is -6.00. The number of likely N-dealkylation sites (tertiary alicyclic amines) is 1. The van der Waals surface area contributed by atoms with Crippen LogP contribution in [0.2, 0.25) is 0 Å². The van der Waals surface area contributed by atoms with E-state index in [1.165, 1.54) is 64.5 Å². The fourth-order valence-corrected chi connectivity index (χ4v) is 3.99. The molecular weight excluding hydrogens is 305 g/mol. The minimum Gasteiger partial charge on any atom is -0.418 e. The van der Waals surface area contributed by atoms with Crippen molar-refractivity contribution in [2.75, 3.05) is 13.1 Å². The summed E-state index contributed by atoms with van der Waals surface area (Å²) in [6, 6.07) is 11.3. The van der Waals surface area contributed by atoms with Gasteiger partial charge in [0.15, 0.2) is 0 Å². The fourth-order valence-electron chi connectivity index (χ4n) is 3.99. The first-order chi connectivity index (χ1) is 10.9. The maximum atomic E-state index is 9.75. The Morgan fingerprint density at radius 1 is 0.739 bits per heavy atom. The second-order valence-electron chi connectivity index (χ2n) is 6.50. The van der Waals surface area contributed by atoms with Crippen LogP contribution in [-0.4, -0.2) is 25.2 Å². The summed E-state index contributed by atoms with van der Waals surface area (Å²) in [5.41, 5.74) is 1.95.